The van der Waals surface area contributed by atoms with Gasteiger partial charge >= 0.3 is 16.1 Å². The van der Waals surface area contributed by atoms with E-state index in [2.05, 4.69) is 4.74 Å². The van der Waals surface area contributed by atoms with Crippen molar-refractivity contribution in [3.8, 4) is 11.5 Å². The predicted molar refractivity (Wildman–Crippen MR) is 106 cm³/mol. The van der Waals surface area contributed by atoms with Gasteiger partial charge in [-0.25, -0.2) is 0 Å². The molecule has 0 unspecified atom stereocenters. The van der Waals surface area contributed by atoms with E-state index >= 15 is 0 Å². The van der Waals surface area contributed by atoms with E-state index in [4.69, 9.17) is 13.7 Å². The summed E-state index contributed by atoms with van der Waals surface area (Å²) in [4.78, 5) is 11.3. The topological polar surface area (TPSA) is 88.1 Å². The second kappa shape index (κ2) is 9.76. The van der Waals surface area contributed by atoms with Crippen LogP contribution in [0.3, 0.4) is 0 Å². The summed E-state index contributed by atoms with van der Waals surface area (Å²) in [5, 5.41) is 0. The molecule has 1 aliphatic rings. The second-order valence-corrected chi connectivity index (χ2v) is 8.35. The van der Waals surface area contributed by atoms with Gasteiger partial charge in [-0.3, -0.25) is 4.79 Å². The monoisotopic (exact) mass is 420 g/mol. The van der Waals surface area contributed by atoms with Crippen molar-refractivity contribution < 1.29 is 31.6 Å². The molecule has 2 aromatic rings. The van der Waals surface area contributed by atoms with Gasteiger partial charge < -0.3 is 18.4 Å². The average molecular weight is 420 g/mol. The molecule has 1 fully saturated rings. The van der Waals surface area contributed by atoms with E-state index in [9.17, 15) is 13.2 Å². The number of ether oxygens (including phenoxy) is 3. The van der Waals surface area contributed by atoms with Crippen molar-refractivity contribution in [3.05, 3.63) is 60.2 Å². The van der Waals surface area contributed by atoms with Crippen LogP contribution in [-0.2, 0) is 30.1 Å². The van der Waals surface area contributed by atoms with Crippen molar-refractivity contribution in [3.63, 3.8) is 0 Å². The average Bonchev–Trinajstić information content (AvgIpc) is 2.67. The first-order valence-corrected chi connectivity index (χ1v) is 10.9. The maximum Gasteiger partial charge on any atom is 0.313 e. The Bertz CT molecular complexity index is 888. The molecule has 0 N–H and O–H groups in total. The number of esters is 1. The highest BCUT2D eigenvalue weighted by Crippen LogP contribution is 2.30. The number of rotatable bonds is 10. The Morgan fingerprint density at radius 1 is 0.966 bits per heavy atom. The molecule has 156 valence electrons. The fourth-order valence-electron chi connectivity index (χ4n) is 2.98. The summed E-state index contributed by atoms with van der Waals surface area (Å²) in [6, 6.07) is 15.2. The molecule has 29 heavy (non-hydrogen) atoms. The number of hydrogen-bond donors (Lipinski definition) is 0. The highest BCUT2D eigenvalue weighted by molar-refractivity contribution is 7.86. The van der Waals surface area contributed by atoms with Crippen LogP contribution in [0, 0.1) is 5.92 Å². The fourth-order valence-corrected chi connectivity index (χ4v) is 4.04. The molecule has 0 atom stereocenters. The SMILES string of the molecule is COC(=O)C1CC(OCCOc2ccc(OS(=O)(=O)Cc3ccccc3)cc2)C1. The van der Waals surface area contributed by atoms with Crippen LogP contribution in [0.1, 0.15) is 18.4 Å². The van der Waals surface area contributed by atoms with Crippen LogP contribution in [0.4, 0.5) is 0 Å². The molecule has 0 radical (unpaired) electrons. The van der Waals surface area contributed by atoms with Gasteiger partial charge in [-0.05, 0) is 42.7 Å². The van der Waals surface area contributed by atoms with Crippen LogP contribution >= 0.6 is 0 Å². The Hall–Kier alpha value is -2.58. The molecule has 0 heterocycles. The minimum atomic E-state index is -3.73. The largest absolute Gasteiger partial charge is 0.491 e. The van der Waals surface area contributed by atoms with Gasteiger partial charge in [-0.2, -0.15) is 8.42 Å². The third kappa shape index (κ3) is 6.47. The zero-order chi connectivity index (χ0) is 20.7. The first kappa shape index (κ1) is 21.1. The fraction of sp³-hybridized carbons (Fsp3) is 0.381. The standard InChI is InChI=1S/C21H24O7S/c1-25-21(22)17-13-20(14-17)27-12-11-26-18-7-9-19(10-8-18)28-29(23,24)15-16-5-3-2-4-6-16/h2-10,17,20H,11-15H2,1H3. The lowest BCUT2D eigenvalue weighted by atomic mass is 9.82. The molecule has 8 heteroatoms. The normalized spacial score (nSPS) is 18.5. The summed E-state index contributed by atoms with van der Waals surface area (Å²) in [5.74, 6) is 0.377. The molecule has 0 aliphatic heterocycles. The Labute approximate surface area is 170 Å². The van der Waals surface area contributed by atoms with E-state index in [0.29, 0.717) is 37.4 Å². The number of benzene rings is 2. The van der Waals surface area contributed by atoms with Crippen molar-refractivity contribution in [1.29, 1.82) is 0 Å². The lowest BCUT2D eigenvalue weighted by molar-refractivity contribution is -0.155. The highest BCUT2D eigenvalue weighted by Gasteiger charge is 2.35. The number of hydrogen-bond acceptors (Lipinski definition) is 7. The minimum Gasteiger partial charge on any atom is -0.491 e. The second-order valence-electron chi connectivity index (χ2n) is 6.78. The lowest BCUT2D eigenvalue weighted by Crippen LogP contribution is -2.37. The van der Waals surface area contributed by atoms with Gasteiger partial charge in [0.2, 0.25) is 0 Å². The maximum absolute atomic E-state index is 12.1. The molecule has 2 aromatic carbocycles. The molecular weight excluding hydrogens is 396 g/mol. The molecule has 0 saturated heterocycles. The van der Waals surface area contributed by atoms with E-state index < -0.39 is 10.1 Å². The molecular formula is C21H24O7S. The van der Waals surface area contributed by atoms with Crippen LogP contribution in [0.5, 0.6) is 11.5 Å². The molecule has 1 saturated carbocycles. The molecule has 7 nitrogen and oxygen atoms in total. The van der Waals surface area contributed by atoms with Gasteiger partial charge in [-0.15, -0.1) is 0 Å². The number of carbonyl (C=O) groups excluding carboxylic acids is 1. The van der Waals surface area contributed by atoms with Gasteiger partial charge in [-0.1, -0.05) is 30.3 Å². The molecule has 0 spiro atoms. The zero-order valence-electron chi connectivity index (χ0n) is 16.2. The summed E-state index contributed by atoms with van der Waals surface area (Å²) < 4.78 is 45.3. The first-order chi connectivity index (χ1) is 13.9. The molecule has 3 rings (SSSR count). The van der Waals surface area contributed by atoms with Gasteiger partial charge in [0.05, 0.1) is 25.7 Å². The third-order valence-electron chi connectivity index (χ3n) is 4.57. The van der Waals surface area contributed by atoms with Crippen molar-refractivity contribution in [2.45, 2.75) is 24.7 Å². The Balaban J connectivity index is 1.37. The molecule has 0 aromatic heterocycles. The first-order valence-electron chi connectivity index (χ1n) is 9.33. The van der Waals surface area contributed by atoms with Crippen molar-refractivity contribution >= 4 is 16.1 Å². The molecule has 1 aliphatic carbocycles. The lowest BCUT2D eigenvalue weighted by Gasteiger charge is -2.32. The smallest absolute Gasteiger partial charge is 0.313 e. The van der Waals surface area contributed by atoms with E-state index in [-0.39, 0.29) is 29.5 Å². The molecule has 0 bridgehead atoms. The summed E-state index contributed by atoms with van der Waals surface area (Å²) in [6.45, 7) is 0.758. The van der Waals surface area contributed by atoms with Gasteiger partial charge in [0, 0.05) is 0 Å². The zero-order valence-corrected chi connectivity index (χ0v) is 17.0. The summed E-state index contributed by atoms with van der Waals surface area (Å²) >= 11 is 0. The Kier molecular flexibility index (Phi) is 7.11. The highest BCUT2D eigenvalue weighted by atomic mass is 32.2. The van der Waals surface area contributed by atoms with Crippen LogP contribution < -0.4 is 8.92 Å². The van der Waals surface area contributed by atoms with E-state index in [1.807, 2.05) is 6.07 Å². The summed E-state index contributed by atoms with van der Waals surface area (Å²) in [5.41, 5.74) is 0.664. The van der Waals surface area contributed by atoms with Crippen LogP contribution in [-0.4, -0.2) is 40.8 Å². The van der Waals surface area contributed by atoms with Gasteiger partial charge in [0.1, 0.15) is 23.9 Å². The van der Waals surface area contributed by atoms with Crippen LogP contribution in [0.25, 0.3) is 0 Å². The maximum atomic E-state index is 12.1. The minimum absolute atomic E-state index is 0.0587. The van der Waals surface area contributed by atoms with E-state index in [1.54, 1.807) is 48.5 Å². The quantitative estimate of drug-likeness (QED) is 0.332. The molecule has 0 amide bonds. The van der Waals surface area contributed by atoms with Gasteiger partial charge in [0.25, 0.3) is 0 Å². The number of carbonyl (C=O) groups is 1. The van der Waals surface area contributed by atoms with E-state index in [1.165, 1.54) is 7.11 Å². The number of methoxy groups -OCH3 is 1. The van der Waals surface area contributed by atoms with E-state index in [0.717, 1.165) is 0 Å². The van der Waals surface area contributed by atoms with Crippen LogP contribution in [0.2, 0.25) is 0 Å². The summed E-state index contributed by atoms with van der Waals surface area (Å²) in [6.07, 6.45) is 1.42. The predicted octanol–water partition coefficient (Wildman–Crippen LogP) is 2.94. The van der Waals surface area contributed by atoms with Crippen molar-refractivity contribution in [2.75, 3.05) is 20.3 Å². The van der Waals surface area contributed by atoms with Crippen LogP contribution in [0.15, 0.2) is 54.6 Å². The Morgan fingerprint density at radius 3 is 2.28 bits per heavy atom. The van der Waals surface area contributed by atoms with Gasteiger partial charge in [0.15, 0.2) is 0 Å². The van der Waals surface area contributed by atoms with Crippen molar-refractivity contribution in [1.82, 2.24) is 0 Å². The third-order valence-corrected chi connectivity index (χ3v) is 5.70. The van der Waals surface area contributed by atoms with Crippen molar-refractivity contribution in [2.24, 2.45) is 5.92 Å². The Morgan fingerprint density at radius 2 is 1.62 bits per heavy atom. The summed E-state index contributed by atoms with van der Waals surface area (Å²) in [7, 11) is -2.35.